The first kappa shape index (κ1) is 13.3. The molecule has 2 rings (SSSR count). The topological polar surface area (TPSA) is 37.8 Å². The Balaban J connectivity index is 2.39. The molecule has 2 atom stereocenters. The van der Waals surface area contributed by atoms with Crippen molar-refractivity contribution in [2.24, 2.45) is 5.92 Å². The van der Waals surface area contributed by atoms with Gasteiger partial charge in [-0.15, -0.1) is 11.3 Å². The Hall–Kier alpha value is -1.16. The van der Waals surface area contributed by atoms with E-state index in [1.807, 2.05) is 0 Å². The summed E-state index contributed by atoms with van der Waals surface area (Å²) in [7, 11) is 0. The maximum Gasteiger partial charge on any atom is 0.138 e. The minimum Gasteiger partial charge on any atom is -0.367 e. The molecule has 0 aliphatic rings. The maximum absolute atomic E-state index is 4.42. The molecule has 2 unspecified atom stereocenters. The van der Waals surface area contributed by atoms with Crippen LogP contribution in [0.1, 0.15) is 37.6 Å². The average Bonchev–Trinajstić information content (AvgIpc) is 2.65. The zero-order valence-electron chi connectivity index (χ0n) is 11.7. The van der Waals surface area contributed by atoms with Gasteiger partial charge < -0.3 is 5.32 Å². The van der Waals surface area contributed by atoms with Crippen LogP contribution in [-0.4, -0.2) is 16.0 Å². The summed E-state index contributed by atoms with van der Waals surface area (Å²) < 4.78 is 0. The van der Waals surface area contributed by atoms with Gasteiger partial charge in [0.25, 0.3) is 0 Å². The number of hydrogen-bond acceptors (Lipinski definition) is 4. The normalized spacial score (nSPS) is 14.7. The smallest absolute Gasteiger partial charge is 0.138 e. The lowest BCUT2D eigenvalue weighted by molar-refractivity contribution is 0.494. The summed E-state index contributed by atoms with van der Waals surface area (Å²) in [5.74, 6) is 1.62. The quantitative estimate of drug-likeness (QED) is 0.900. The molecule has 0 saturated carbocycles. The van der Waals surface area contributed by atoms with E-state index >= 15 is 0 Å². The zero-order chi connectivity index (χ0) is 13.3. The molecule has 1 N–H and O–H groups in total. The van der Waals surface area contributed by atoms with Gasteiger partial charge in [-0.1, -0.05) is 20.3 Å². The molecule has 3 nitrogen and oxygen atoms in total. The highest BCUT2D eigenvalue weighted by Crippen LogP contribution is 2.33. The Morgan fingerprint density at radius 1 is 1.28 bits per heavy atom. The molecule has 0 fully saturated rings. The SMILES string of the molecule is CCC(C)C(C)Nc1ncnc2sc(C)c(C)c12. The second-order valence-corrected chi connectivity index (χ2v) is 6.21. The summed E-state index contributed by atoms with van der Waals surface area (Å²) in [6.07, 6.45) is 2.83. The lowest BCUT2D eigenvalue weighted by Crippen LogP contribution is -2.23. The van der Waals surface area contributed by atoms with Crippen molar-refractivity contribution in [1.82, 2.24) is 9.97 Å². The Bertz CT molecular complexity index is 547. The van der Waals surface area contributed by atoms with E-state index in [-0.39, 0.29) is 0 Å². The number of aromatic nitrogens is 2. The Morgan fingerprint density at radius 3 is 2.67 bits per heavy atom. The number of nitrogens with one attached hydrogen (secondary N) is 1. The number of fused-ring (bicyclic) bond motifs is 1. The monoisotopic (exact) mass is 263 g/mol. The highest BCUT2D eigenvalue weighted by atomic mass is 32.1. The summed E-state index contributed by atoms with van der Waals surface area (Å²) in [5, 5.41) is 4.74. The third-order valence-corrected chi connectivity index (χ3v) is 4.94. The Morgan fingerprint density at radius 2 is 2.00 bits per heavy atom. The Labute approximate surface area is 113 Å². The predicted octanol–water partition coefficient (Wildman–Crippen LogP) is 4.15. The number of aryl methyl sites for hydroxylation is 2. The predicted molar refractivity (Wildman–Crippen MR) is 79.4 cm³/mol. The van der Waals surface area contributed by atoms with E-state index in [0.29, 0.717) is 12.0 Å². The molecule has 18 heavy (non-hydrogen) atoms. The van der Waals surface area contributed by atoms with E-state index in [2.05, 4.69) is 49.9 Å². The van der Waals surface area contributed by atoms with Crippen molar-refractivity contribution >= 4 is 27.4 Å². The first-order chi connectivity index (χ1) is 8.54. The molecule has 2 heterocycles. The lowest BCUT2D eigenvalue weighted by atomic mass is 10.0. The van der Waals surface area contributed by atoms with E-state index in [9.17, 15) is 0 Å². The van der Waals surface area contributed by atoms with Crippen LogP contribution in [0.5, 0.6) is 0 Å². The van der Waals surface area contributed by atoms with Gasteiger partial charge in [0.2, 0.25) is 0 Å². The second-order valence-electron chi connectivity index (χ2n) is 5.00. The summed E-state index contributed by atoms with van der Waals surface area (Å²) in [4.78, 5) is 11.2. The van der Waals surface area contributed by atoms with E-state index < -0.39 is 0 Å². The first-order valence-electron chi connectivity index (χ1n) is 6.51. The van der Waals surface area contributed by atoms with Gasteiger partial charge in [-0.05, 0) is 32.3 Å². The standard InChI is InChI=1S/C14H21N3S/c1-6-8(2)10(4)17-13-12-9(3)11(5)18-14(12)16-7-15-13/h7-8,10H,6H2,1-5H3,(H,15,16,17). The van der Waals surface area contributed by atoms with Crippen LogP contribution in [0.3, 0.4) is 0 Å². The molecule has 0 aromatic carbocycles. The molecule has 0 bridgehead atoms. The molecule has 0 amide bonds. The lowest BCUT2D eigenvalue weighted by Gasteiger charge is -2.20. The number of nitrogens with zero attached hydrogens (tertiary/aromatic N) is 2. The van der Waals surface area contributed by atoms with Crippen LogP contribution in [0, 0.1) is 19.8 Å². The van der Waals surface area contributed by atoms with Crippen molar-refractivity contribution in [3.63, 3.8) is 0 Å². The van der Waals surface area contributed by atoms with Crippen molar-refractivity contribution in [1.29, 1.82) is 0 Å². The van der Waals surface area contributed by atoms with Crippen molar-refractivity contribution in [2.45, 2.75) is 47.1 Å². The molecule has 4 heteroatoms. The zero-order valence-corrected chi connectivity index (χ0v) is 12.6. The van der Waals surface area contributed by atoms with Crippen LogP contribution in [0.4, 0.5) is 5.82 Å². The fraction of sp³-hybridized carbons (Fsp3) is 0.571. The first-order valence-corrected chi connectivity index (χ1v) is 7.33. The van der Waals surface area contributed by atoms with E-state index in [1.54, 1.807) is 17.7 Å². The fourth-order valence-corrected chi connectivity index (χ4v) is 3.00. The molecular weight excluding hydrogens is 242 g/mol. The van der Waals surface area contributed by atoms with E-state index in [4.69, 9.17) is 0 Å². The van der Waals surface area contributed by atoms with Crippen molar-refractivity contribution < 1.29 is 0 Å². The van der Waals surface area contributed by atoms with Gasteiger partial charge in [-0.25, -0.2) is 9.97 Å². The largest absolute Gasteiger partial charge is 0.367 e. The van der Waals surface area contributed by atoms with Gasteiger partial charge in [0.05, 0.1) is 5.39 Å². The summed E-state index contributed by atoms with van der Waals surface area (Å²) in [5.41, 5.74) is 1.30. The van der Waals surface area contributed by atoms with E-state index in [0.717, 1.165) is 10.6 Å². The van der Waals surface area contributed by atoms with Crippen LogP contribution < -0.4 is 5.32 Å². The minimum absolute atomic E-state index is 0.424. The van der Waals surface area contributed by atoms with Crippen LogP contribution in [0.2, 0.25) is 0 Å². The molecule has 0 spiro atoms. The van der Waals surface area contributed by atoms with Crippen molar-refractivity contribution in [2.75, 3.05) is 5.32 Å². The third-order valence-electron chi connectivity index (χ3n) is 3.83. The van der Waals surface area contributed by atoms with Gasteiger partial charge in [-0.3, -0.25) is 0 Å². The van der Waals surface area contributed by atoms with Crippen LogP contribution in [0.25, 0.3) is 10.2 Å². The molecule has 0 aliphatic carbocycles. The fourth-order valence-electron chi connectivity index (χ4n) is 2.00. The molecule has 0 aliphatic heterocycles. The van der Waals surface area contributed by atoms with Crippen molar-refractivity contribution in [3.05, 3.63) is 16.8 Å². The number of rotatable bonds is 4. The van der Waals surface area contributed by atoms with Crippen LogP contribution in [-0.2, 0) is 0 Å². The number of thiophene rings is 1. The third kappa shape index (κ3) is 2.34. The van der Waals surface area contributed by atoms with E-state index in [1.165, 1.54) is 22.2 Å². The van der Waals surface area contributed by atoms with Gasteiger partial charge in [0.1, 0.15) is 17.0 Å². The summed E-state index contributed by atoms with van der Waals surface area (Å²) in [6, 6.07) is 0.424. The molecule has 0 saturated heterocycles. The molecule has 2 aromatic rings. The average molecular weight is 263 g/mol. The molecular formula is C14H21N3S. The van der Waals surface area contributed by atoms with Gasteiger partial charge in [0.15, 0.2) is 0 Å². The summed E-state index contributed by atoms with van der Waals surface area (Å²) >= 11 is 1.74. The van der Waals surface area contributed by atoms with Crippen LogP contribution >= 0.6 is 11.3 Å². The number of anilines is 1. The highest BCUT2D eigenvalue weighted by Gasteiger charge is 2.15. The van der Waals surface area contributed by atoms with Crippen molar-refractivity contribution in [3.8, 4) is 0 Å². The van der Waals surface area contributed by atoms with Gasteiger partial charge in [-0.2, -0.15) is 0 Å². The maximum atomic E-state index is 4.42. The van der Waals surface area contributed by atoms with Gasteiger partial charge in [0, 0.05) is 10.9 Å². The minimum atomic E-state index is 0.424. The van der Waals surface area contributed by atoms with Crippen LogP contribution in [0.15, 0.2) is 6.33 Å². The molecule has 2 aromatic heterocycles. The number of hydrogen-bond donors (Lipinski definition) is 1. The highest BCUT2D eigenvalue weighted by molar-refractivity contribution is 7.18. The van der Waals surface area contributed by atoms with Gasteiger partial charge >= 0.3 is 0 Å². The molecule has 98 valence electrons. The summed E-state index contributed by atoms with van der Waals surface area (Å²) in [6.45, 7) is 11.0. The second kappa shape index (κ2) is 5.22. The Kier molecular flexibility index (Phi) is 3.85. The molecule has 0 radical (unpaired) electrons.